The van der Waals surface area contributed by atoms with Crippen LogP contribution in [0, 0.1) is 5.92 Å². The van der Waals surface area contributed by atoms with Crippen LogP contribution < -0.4 is 4.72 Å². The van der Waals surface area contributed by atoms with Gasteiger partial charge >= 0.3 is 0 Å². The van der Waals surface area contributed by atoms with Crippen LogP contribution in [0.2, 0.25) is 0 Å². The van der Waals surface area contributed by atoms with Gasteiger partial charge in [0.1, 0.15) is 12.6 Å². The highest BCUT2D eigenvalue weighted by Gasteiger charge is 2.61. The minimum absolute atomic E-state index is 0.0358. The summed E-state index contributed by atoms with van der Waals surface area (Å²) in [6.45, 7) is 4.73. The summed E-state index contributed by atoms with van der Waals surface area (Å²) in [5.74, 6) is 0.619. The zero-order valence-electron chi connectivity index (χ0n) is 17.4. The van der Waals surface area contributed by atoms with Gasteiger partial charge < -0.3 is 14.4 Å². The first kappa shape index (κ1) is 20.7. The lowest BCUT2D eigenvalue weighted by Gasteiger charge is -2.31. The quantitative estimate of drug-likeness (QED) is 0.710. The Morgan fingerprint density at radius 2 is 2.19 bits per heavy atom. The first-order chi connectivity index (χ1) is 14.9. The number of carbonyl (C=O) groups excluding carboxylic acids is 3. The summed E-state index contributed by atoms with van der Waals surface area (Å²) in [6.07, 6.45) is 3.74. The summed E-state index contributed by atoms with van der Waals surface area (Å²) < 4.78 is 8.67. The Morgan fingerprint density at radius 1 is 1.35 bits per heavy atom. The van der Waals surface area contributed by atoms with Gasteiger partial charge in [-0.2, -0.15) is 0 Å². The minimum Gasteiger partial charge on any atom is -0.368 e. The molecular formula is C22H25N3O4S2. The molecule has 0 saturated carbocycles. The van der Waals surface area contributed by atoms with E-state index in [4.69, 9.17) is 4.74 Å². The van der Waals surface area contributed by atoms with Crippen molar-refractivity contribution in [3.05, 3.63) is 41.5 Å². The van der Waals surface area contributed by atoms with Crippen molar-refractivity contribution in [3.8, 4) is 10.4 Å². The number of rotatable bonds is 3. The second-order valence-corrected chi connectivity index (χ2v) is 12.6. The summed E-state index contributed by atoms with van der Waals surface area (Å²) in [7, 11) is -2.06. The van der Waals surface area contributed by atoms with E-state index in [1.165, 1.54) is 6.20 Å². The monoisotopic (exact) mass is 459 g/mol. The third kappa shape index (κ3) is 3.48. The predicted molar refractivity (Wildman–Crippen MR) is 121 cm³/mol. The number of aromatic nitrogens is 1. The molecule has 2 aromatic rings. The fraction of sp³-hybridized carbons (Fsp3) is 0.455. The molecule has 0 spiro atoms. The number of likely N-dealkylation sites (tertiary alicyclic amines) is 1. The number of ketones is 1. The number of carbonyl (C=O) groups is 3. The summed E-state index contributed by atoms with van der Waals surface area (Å²) in [6, 6.07) is 5.27. The van der Waals surface area contributed by atoms with Crippen LogP contribution in [0.5, 0.6) is 0 Å². The van der Waals surface area contributed by atoms with E-state index in [9.17, 15) is 14.4 Å². The second-order valence-electron chi connectivity index (χ2n) is 8.62. The smallest absolute Gasteiger partial charge is 0.282 e. The van der Waals surface area contributed by atoms with E-state index in [0.717, 1.165) is 10.4 Å². The number of ether oxygens (including phenoxy) is 1. The maximum atomic E-state index is 13.7. The third-order valence-electron chi connectivity index (χ3n) is 6.31. The number of nitrogens with one attached hydrogen (secondary N) is 1. The Bertz CT molecular complexity index is 1040. The molecule has 5 rings (SSSR count). The number of pyridine rings is 1. The Balaban J connectivity index is 1.40. The molecule has 0 bridgehead atoms. The fourth-order valence-electron chi connectivity index (χ4n) is 4.61. The number of Topliss-reactive ketones (excluding diaryl/α,β-unsaturated/α-hetero) is 1. The van der Waals surface area contributed by atoms with E-state index in [2.05, 4.69) is 23.6 Å². The zero-order valence-corrected chi connectivity index (χ0v) is 19.1. The summed E-state index contributed by atoms with van der Waals surface area (Å²) >= 11 is 1.59. The Hall–Kier alpha value is -2.23. The molecule has 3 saturated heterocycles. The largest absolute Gasteiger partial charge is 0.368 e. The molecule has 3 fully saturated rings. The Morgan fingerprint density at radius 3 is 2.90 bits per heavy atom. The van der Waals surface area contributed by atoms with Crippen molar-refractivity contribution in [3.63, 3.8) is 0 Å². The predicted octanol–water partition coefficient (Wildman–Crippen LogP) is 3.46. The van der Waals surface area contributed by atoms with Crippen molar-refractivity contribution in [1.29, 1.82) is 0 Å². The standard InChI is InChI=1S/C22H25N3O4S2/c1-13(2)19-12-31(19,22(28)25-6-5-17-20(25)16(26)11-29-17)24-21(27)15-8-14(9-23-10-15)18-4-3-7-30-18/h3-4,7-10,13,17,19-20H,5-6,11-12H2,1-2H3,(H,24,27)/t17-,19?,20-/m1/s1. The minimum atomic E-state index is -2.06. The fourth-order valence-corrected chi connectivity index (χ4v) is 9.28. The van der Waals surface area contributed by atoms with Crippen molar-refractivity contribution < 1.29 is 19.1 Å². The summed E-state index contributed by atoms with van der Waals surface area (Å²) in [5.41, 5.74) is 1.32. The molecular weight excluding hydrogens is 434 g/mol. The third-order valence-corrected chi connectivity index (χ3v) is 10.8. The second kappa shape index (κ2) is 7.72. The first-order valence-corrected chi connectivity index (χ1v) is 13.2. The van der Waals surface area contributed by atoms with Crippen LogP contribution in [0.4, 0.5) is 4.79 Å². The van der Waals surface area contributed by atoms with Gasteiger partial charge in [-0.15, -0.1) is 11.3 Å². The number of hydrogen-bond acceptors (Lipinski definition) is 6. The van der Waals surface area contributed by atoms with Gasteiger partial charge in [0.05, 0.1) is 11.7 Å². The molecule has 2 unspecified atom stereocenters. The maximum absolute atomic E-state index is 13.7. The van der Waals surface area contributed by atoms with Crippen molar-refractivity contribution >= 4 is 38.5 Å². The van der Waals surface area contributed by atoms with Gasteiger partial charge in [-0.3, -0.25) is 19.4 Å². The van der Waals surface area contributed by atoms with Gasteiger partial charge in [0.15, 0.2) is 5.78 Å². The van der Waals surface area contributed by atoms with Crippen LogP contribution in [0.3, 0.4) is 0 Å². The molecule has 4 atom stereocenters. The molecule has 2 aromatic heterocycles. The van der Waals surface area contributed by atoms with Crippen LogP contribution in [0.25, 0.3) is 10.4 Å². The van der Waals surface area contributed by atoms with Crippen molar-refractivity contribution in [2.45, 2.75) is 37.7 Å². The topological polar surface area (TPSA) is 88.6 Å². The average molecular weight is 460 g/mol. The van der Waals surface area contributed by atoms with Crippen LogP contribution in [0.15, 0.2) is 36.0 Å². The van der Waals surface area contributed by atoms with E-state index in [-0.39, 0.29) is 40.8 Å². The molecule has 0 aromatic carbocycles. The number of amides is 2. The lowest BCUT2D eigenvalue weighted by Crippen LogP contribution is -2.44. The van der Waals surface area contributed by atoms with E-state index in [1.54, 1.807) is 22.4 Å². The average Bonchev–Trinajstić information content (AvgIpc) is 3.16. The first-order valence-electron chi connectivity index (χ1n) is 10.5. The molecule has 1 N–H and O–H groups in total. The molecule has 0 aliphatic carbocycles. The highest BCUT2D eigenvalue weighted by molar-refractivity contribution is 8.49. The normalized spacial score (nSPS) is 31.4. The van der Waals surface area contributed by atoms with Gasteiger partial charge in [0.25, 0.3) is 11.1 Å². The lowest BCUT2D eigenvalue weighted by atomic mass is 10.1. The molecule has 9 heteroatoms. The maximum Gasteiger partial charge on any atom is 0.282 e. The Kier molecular flexibility index (Phi) is 5.15. The van der Waals surface area contributed by atoms with Crippen molar-refractivity contribution in [2.24, 2.45) is 5.92 Å². The molecule has 2 amide bonds. The lowest BCUT2D eigenvalue weighted by molar-refractivity contribution is -0.120. The molecule has 5 heterocycles. The van der Waals surface area contributed by atoms with E-state index < -0.39 is 16.3 Å². The SMILES string of the molecule is CC(C)C1CS1(NC(=O)c1cncc(-c2cccs2)c1)C(=O)N1CC[C@H]2OCC(=O)[C@H]21. The Labute approximate surface area is 186 Å². The molecule has 164 valence electrons. The van der Waals surface area contributed by atoms with Crippen LogP contribution in [-0.4, -0.2) is 63.1 Å². The summed E-state index contributed by atoms with van der Waals surface area (Å²) in [4.78, 5) is 46.2. The summed E-state index contributed by atoms with van der Waals surface area (Å²) in [5, 5.41) is 2.02. The highest BCUT2D eigenvalue weighted by atomic mass is 32.3. The molecule has 31 heavy (non-hydrogen) atoms. The van der Waals surface area contributed by atoms with Gasteiger partial charge in [-0.25, -0.2) is 0 Å². The molecule has 3 aliphatic heterocycles. The van der Waals surface area contributed by atoms with Gasteiger partial charge in [-0.05, 0) is 29.9 Å². The van der Waals surface area contributed by atoms with E-state index in [0.29, 0.717) is 24.3 Å². The number of fused-ring (bicyclic) bond motifs is 1. The van der Waals surface area contributed by atoms with Crippen LogP contribution >= 0.6 is 21.6 Å². The van der Waals surface area contributed by atoms with Gasteiger partial charge in [-0.1, -0.05) is 30.1 Å². The number of hydrogen-bond donors (Lipinski definition) is 1. The van der Waals surface area contributed by atoms with Crippen molar-refractivity contribution in [2.75, 3.05) is 18.9 Å². The zero-order chi connectivity index (χ0) is 21.8. The van der Waals surface area contributed by atoms with Gasteiger partial charge in [0, 0.05) is 40.4 Å². The van der Waals surface area contributed by atoms with E-state index >= 15 is 0 Å². The highest BCUT2D eigenvalue weighted by Crippen LogP contribution is 2.69. The van der Waals surface area contributed by atoms with Gasteiger partial charge in [0.2, 0.25) is 0 Å². The number of nitrogens with zero attached hydrogens (tertiary/aromatic N) is 2. The van der Waals surface area contributed by atoms with Crippen molar-refractivity contribution in [1.82, 2.24) is 14.6 Å². The number of thiophene rings is 1. The molecule has 0 radical (unpaired) electrons. The molecule has 3 aliphatic rings. The van der Waals surface area contributed by atoms with Crippen LogP contribution in [0.1, 0.15) is 30.6 Å². The molecule has 7 nitrogen and oxygen atoms in total. The van der Waals surface area contributed by atoms with Crippen LogP contribution in [-0.2, 0) is 9.53 Å². The van der Waals surface area contributed by atoms with E-state index in [1.807, 2.05) is 23.6 Å².